The summed E-state index contributed by atoms with van der Waals surface area (Å²) >= 11 is 0. The average molecular weight is 374 g/mol. The molecule has 0 N–H and O–H groups in total. The number of nitrogens with zero attached hydrogens (tertiary/aromatic N) is 2. The molecular weight excluding hydrogens is 348 g/mol. The molecule has 0 aliphatic carbocycles. The summed E-state index contributed by atoms with van der Waals surface area (Å²) in [5.41, 5.74) is 0.482. The lowest BCUT2D eigenvalue weighted by Crippen LogP contribution is -2.51. The molecule has 2 saturated heterocycles. The fraction of sp³-hybridized carbons (Fsp3) is 0.550. The van der Waals surface area contributed by atoms with E-state index in [0.29, 0.717) is 49.8 Å². The summed E-state index contributed by atoms with van der Waals surface area (Å²) in [6, 6.07) is 6.62. The number of hydrogen-bond acceptors (Lipinski definition) is 5. The summed E-state index contributed by atoms with van der Waals surface area (Å²) in [7, 11) is 0. The van der Waals surface area contributed by atoms with Crippen LogP contribution in [0.25, 0.3) is 0 Å². The van der Waals surface area contributed by atoms with Crippen LogP contribution in [0, 0.1) is 5.92 Å². The molecule has 0 atom stereocenters. The van der Waals surface area contributed by atoms with Gasteiger partial charge in [-0.15, -0.1) is 0 Å². The van der Waals surface area contributed by atoms with Crippen molar-refractivity contribution in [1.29, 1.82) is 0 Å². The van der Waals surface area contributed by atoms with Gasteiger partial charge in [0.05, 0.1) is 0 Å². The van der Waals surface area contributed by atoms with Gasteiger partial charge in [-0.05, 0) is 37.0 Å². The molecular formula is C20H26N2O5. The highest BCUT2D eigenvalue weighted by Gasteiger charge is 2.27. The lowest BCUT2D eigenvalue weighted by molar-refractivity contribution is -0.134. The Morgan fingerprint density at radius 1 is 1.07 bits per heavy atom. The summed E-state index contributed by atoms with van der Waals surface area (Å²) < 4.78 is 10.4. The molecule has 2 aliphatic heterocycles. The second-order valence-corrected chi connectivity index (χ2v) is 7.05. The first kappa shape index (κ1) is 19.4. The van der Waals surface area contributed by atoms with Gasteiger partial charge in [-0.2, -0.15) is 0 Å². The van der Waals surface area contributed by atoms with Crippen molar-refractivity contribution in [1.82, 2.24) is 9.80 Å². The number of rotatable bonds is 4. The van der Waals surface area contributed by atoms with E-state index in [0.717, 1.165) is 26.1 Å². The third kappa shape index (κ3) is 5.29. The van der Waals surface area contributed by atoms with E-state index >= 15 is 0 Å². The predicted molar refractivity (Wildman–Crippen MR) is 98.4 cm³/mol. The number of piperazine rings is 1. The summed E-state index contributed by atoms with van der Waals surface area (Å²) in [6.07, 6.45) is 2.47. The van der Waals surface area contributed by atoms with Crippen molar-refractivity contribution in [3.63, 3.8) is 0 Å². The number of benzene rings is 1. The molecule has 27 heavy (non-hydrogen) atoms. The van der Waals surface area contributed by atoms with Crippen molar-refractivity contribution in [3.05, 3.63) is 29.8 Å². The summed E-state index contributed by atoms with van der Waals surface area (Å²) in [6.45, 7) is 4.94. The Bertz CT molecular complexity index is 691. The fourth-order valence-corrected chi connectivity index (χ4v) is 3.53. The molecule has 7 heteroatoms. The molecule has 2 amide bonds. The third-order valence-corrected chi connectivity index (χ3v) is 5.07. The molecule has 2 fully saturated rings. The summed E-state index contributed by atoms with van der Waals surface area (Å²) in [5.74, 6) is 0.413. The minimum absolute atomic E-state index is 0.111. The van der Waals surface area contributed by atoms with Crippen molar-refractivity contribution in [2.45, 2.75) is 26.2 Å². The minimum atomic E-state index is -0.420. The van der Waals surface area contributed by atoms with Crippen LogP contribution in [0.5, 0.6) is 5.75 Å². The van der Waals surface area contributed by atoms with Gasteiger partial charge in [0.25, 0.3) is 5.91 Å². The van der Waals surface area contributed by atoms with Gasteiger partial charge in [0.15, 0.2) is 0 Å². The maximum atomic E-state index is 12.7. The highest BCUT2D eigenvalue weighted by molar-refractivity contribution is 5.95. The Hall–Kier alpha value is -2.41. The lowest BCUT2D eigenvalue weighted by Gasteiger charge is -2.35. The van der Waals surface area contributed by atoms with E-state index in [2.05, 4.69) is 0 Å². The molecule has 1 aromatic rings. The molecule has 7 nitrogen and oxygen atoms in total. The molecule has 0 spiro atoms. The van der Waals surface area contributed by atoms with Crippen LogP contribution in [0.4, 0.5) is 0 Å². The maximum Gasteiger partial charge on any atom is 0.308 e. The van der Waals surface area contributed by atoms with Crippen LogP contribution in [0.3, 0.4) is 0 Å². The van der Waals surface area contributed by atoms with Crippen LogP contribution in [-0.2, 0) is 14.3 Å². The Balaban J connectivity index is 1.51. The molecule has 2 aliphatic rings. The maximum absolute atomic E-state index is 12.7. The number of hydrogen-bond donors (Lipinski definition) is 0. The second kappa shape index (κ2) is 8.99. The second-order valence-electron chi connectivity index (χ2n) is 7.05. The number of carbonyl (C=O) groups is 3. The van der Waals surface area contributed by atoms with E-state index < -0.39 is 5.97 Å². The van der Waals surface area contributed by atoms with E-state index in [1.54, 1.807) is 29.2 Å². The van der Waals surface area contributed by atoms with Crippen molar-refractivity contribution in [2.75, 3.05) is 39.4 Å². The molecule has 146 valence electrons. The zero-order valence-corrected chi connectivity index (χ0v) is 15.7. The molecule has 0 radical (unpaired) electrons. The molecule has 2 heterocycles. The quantitative estimate of drug-likeness (QED) is 0.592. The zero-order valence-electron chi connectivity index (χ0n) is 15.7. The third-order valence-electron chi connectivity index (χ3n) is 5.07. The molecule has 1 aromatic carbocycles. The van der Waals surface area contributed by atoms with Crippen molar-refractivity contribution in [3.8, 4) is 5.75 Å². The SMILES string of the molecule is CC(=O)Oc1cccc(C(=O)N2CCN(C(=O)CC3CCOCC3)CC2)c1. The molecule has 0 saturated carbocycles. The van der Waals surface area contributed by atoms with E-state index in [4.69, 9.17) is 9.47 Å². The number of carbonyl (C=O) groups excluding carboxylic acids is 3. The van der Waals surface area contributed by atoms with Crippen LogP contribution in [-0.4, -0.2) is 67.0 Å². The average Bonchev–Trinajstić information content (AvgIpc) is 2.68. The largest absolute Gasteiger partial charge is 0.427 e. The first-order chi connectivity index (χ1) is 13.0. The first-order valence-corrected chi connectivity index (χ1v) is 9.46. The number of amides is 2. The van der Waals surface area contributed by atoms with E-state index in [-0.39, 0.29) is 11.8 Å². The first-order valence-electron chi connectivity index (χ1n) is 9.46. The summed E-state index contributed by atoms with van der Waals surface area (Å²) in [4.78, 5) is 39.9. The smallest absolute Gasteiger partial charge is 0.308 e. The van der Waals surface area contributed by atoms with Crippen molar-refractivity contribution in [2.24, 2.45) is 5.92 Å². The van der Waals surface area contributed by atoms with Crippen molar-refractivity contribution >= 4 is 17.8 Å². The van der Waals surface area contributed by atoms with E-state index in [1.807, 2.05) is 4.90 Å². The standard InChI is InChI=1S/C20H26N2O5/c1-15(23)27-18-4-2-3-17(14-18)20(25)22-9-7-21(8-10-22)19(24)13-16-5-11-26-12-6-16/h2-4,14,16H,5-13H2,1H3. The Labute approximate surface area is 159 Å². The van der Waals surface area contributed by atoms with Gasteiger partial charge in [-0.3, -0.25) is 14.4 Å². The topological polar surface area (TPSA) is 76.2 Å². The highest BCUT2D eigenvalue weighted by Crippen LogP contribution is 2.21. The zero-order chi connectivity index (χ0) is 19.2. The normalized spacial score (nSPS) is 18.3. The van der Waals surface area contributed by atoms with Gasteiger partial charge in [0.1, 0.15) is 5.75 Å². The van der Waals surface area contributed by atoms with Gasteiger partial charge < -0.3 is 19.3 Å². The Kier molecular flexibility index (Phi) is 6.45. The predicted octanol–water partition coefficient (Wildman–Crippen LogP) is 1.71. The van der Waals surface area contributed by atoms with E-state index in [1.165, 1.54) is 6.92 Å². The Morgan fingerprint density at radius 3 is 2.41 bits per heavy atom. The minimum Gasteiger partial charge on any atom is -0.427 e. The van der Waals surface area contributed by atoms with Crippen molar-refractivity contribution < 1.29 is 23.9 Å². The lowest BCUT2D eigenvalue weighted by atomic mass is 9.96. The van der Waals surface area contributed by atoms with Crippen LogP contribution < -0.4 is 4.74 Å². The van der Waals surface area contributed by atoms with Crippen LogP contribution in [0.15, 0.2) is 24.3 Å². The number of ether oxygens (including phenoxy) is 2. The van der Waals surface area contributed by atoms with Crippen LogP contribution in [0.1, 0.15) is 36.5 Å². The van der Waals surface area contributed by atoms with E-state index in [9.17, 15) is 14.4 Å². The van der Waals surface area contributed by atoms with Gasteiger partial charge in [0.2, 0.25) is 5.91 Å². The van der Waals surface area contributed by atoms with Gasteiger partial charge >= 0.3 is 5.97 Å². The molecule has 0 unspecified atom stereocenters. The van der Waals surface area contributed by atoms with Gasteiger partial charge in [0, 0.05) is 58.3 Å². The monoisotopic (exact) mass is 374 g/mol. The molecule has 0 bridgehead atoms. The Morgan fingerprint density at radius 2 is 1.74 bits per heavy atom. The molecule has 3 rings (SSSR count). The highest BCUT2D eigenvalue weighted by atomic mass is 16.5. The van der Waals surface area contributed by atoms with Crippen LogP contribution >= 0.6 is 0 Å². The fourth-order valence-electron chi connectivity index (χ4n) is 3.53. The summed E-state index contributed by atoms with van der Waals surface area (Å²) in [5, 5.41) is 0. The number of esters is 1. The van der Waals surface area contributed by atoms with Crippen LogP contribution in [0.2, 0.25) is 0 Å². The van der Waals surface area contributed by atoms with Gasteiger partial charge in [-0.25, -0.2) is 0 Å². The molecule has 0 aromatic heterocycles. The van der Waals surface area contributed by atoms with Gasteiger partial charge in [-0.1, -0.05) is 6.07 Å².